The van der Waals surface area contributed by atoms with Crippen LogP contribution >= 0.6 is 27.5 Å². The normalized spacial score (nSPS) is 10.2. The maximum Gasteiger partial charge on any atom is 0.251 e. The minimum Gasteiger partial charge on any atom is -0.399 e. The zero-order valence-corrected chi connectivity index (χ0v) is 12.3. The van der Waals surface area contributed by atoms with Crippen LogP contribution < -0.4 is 11.1 Å². The van der Waals surface area contributed by atoms with Crippen molar-refractivity contribution < 1.29 is 4.79 Å². The summed E-state index contributed by atoms with van der Waals surface area (Å²) >= 11 is 9.24. The minimum absolute atomic E-state index is 0.161. The van der Waals surface area contributed by atoms with Crippen LogP contribution in [0, 0.1) is 0 Å². The summed E-state index contributed by atoms with van der Waals surface area (Å²) in [6.45, 7) is 0.451. The lowest BCUT2D eigenvalue weighted by Crippen LogP contribution is -2.22. The van der Waals surface area contributed by atoms with E-state index >= 15 is 0 Å². The highest BCUT2D eigenvalue weighted by atomic mass is 79.9. The van der Waals surface area contributed by atoms with E-state index in [1.807, 2.05) is 12.1 Å². The number of benzene rings is 2. The first-order chi connectivity index (χ1) is 9.06. The SMILES string of the molecule is Nc1ccc(CNC(=O)c2ccc(Br)c(Cl)c2)cc1. The van der Waals surface area contributed by atoms with E-state index in [4.69, 9.17) is 17.3 Å². The van der Waals surface area contributed by atoms with Crippen molar-refractivity contribution in [3.05, 3.63) is 63.1 Å². The van der Waals surface area contributed by atoms with E-state index in [1.54, 1.807) is 30.3 Å². The third kappa shape index (κ3) is 3.72. The van der Waals surface area contributed by atoms with E-state index in [0.29, 0.717) is 22.8 Å². The highest BCUT2D eigenvalue weighted by Gasteiger charge is 2.07. The average Bonchev–Trinajstić information content (AvgIpc) is 2.41. The molecule has 5 heteroatoms. The molecule has 0 saturated heterocycles. The Morgan fingerprint density at radius 1 is 1.21 bits per heavy atom. The van der Waals surface area contributed by atoms with Crippen molar-refractivity contribution in [2.45, 2.75) is 6.54 Å². The van der Waals surface area contributed by atoms with Crippen molar-refractivity contribution in [3.63, 3.8) is 0 Å². The maximum absolute atomic E-state index is 11.9. The van der Waals surface area contributed by atoms with Gasteiger partial charge in [-0.25, -0.2) is 0 Å². The van der Waals surface area contributed by atoms with Crippen LogP contribution in [0.3, 0.4) is 0 Å². The summed E-state index contributed by atoms with van der Waals surface area (Å²) in [5, 5.41) is 3.34. The van der Waals surface area contributed by atoms with E-state index in [0.717, 1.165) is 10.0 Å². The van der Waals surface area contributed by atoms with Gasteiger partial charge in [0.25, 0.3) is 5.91 Å². The number of nitrogen functional groups attached to an aromatic ring is 1. The van der Waals surface area contributed by atoms with Gasteiger partial charge in [0, 0.05) is 22.3 Å². The number of amides is 1. The number of rotatable bonds is 3. The van der Waals surface area contributed by atoms with E-state index < -0.39 is 0 Å². The zero-order chi connectivity index (χ0) is 13.8. The zero-order valence-electron chi connectivity index (χ0n) is 9.99. The molecule has 0 aliphatic heterocycles. The van der Waals surface area contributed by atoms with Gasteiger partial charge in [-0.2, -0.15) is 0 Å². The number of hydrogen-bond donors (Lipinski definition) is 2. The van der Waals surface area contributed by atoms with Crippen LogP contribution in [0.1, 0.15) is 15.9 Å². The Bertz CT molecular complexity index is 599. The summed E-state index contributed by atoms with van der Waals surface area (Å²) in [4.78, 5) is 11.9. The second kappa shape index (κ2) is 6.08. The molecule has 0 aliphatic carbocycles. The molecule has 2 rings (SSSR count). The van der Waals surface area contributed by atoms with Gasteiger partial charge in [0.1, 0.15) is 0 Å². The van der Waals surface area contributed by atoms with E-state index in [9.17, 15) is 4.79 Å². The van der Waals surface area contributed by atoms with Crippen molar-refractivity contribution >= 4 is 39.1 Å². The number of nitrogens with one attached hydrogen (secondary N) is 1. The molecule has 0 spiro atoms. The fourth-order valence-electron chi connectivity index (χ4n) is 1.56. The molecule has 3 nitrogen and oxygen atoms in total. The Balaban J connectivity index is 2.01. The topological polar surface area (TPSA) is 55.1 Å². The summed E-state index contributed by atoms with van der Waals surface area (Å²) in [6.07, 6.45) is 0. The first kappa shape index (κ1) is 13.9. The second-order valence-electron chi connectivity index (χ2n) is 4.05. The molecule has 0 heterocycles. The fourth-order valence-corrected chi connectivity index (χ4v) is 1.98. The van der Waals surface area contributed by atoms with E-state index in [-0.39, 0.29) is 5.91 Å². The molecule has 0 bridgehead atoms. The molecule has 0 atom stereocenters. The van der Waals surface area contributed by atoms with Gasteiger partial charge in [0.05, 0.1) is 5.02 Å². The molecule has 0 aromatic heterocycles. The molecule has 19 heavy (non-hydrogen) atoms. The van der Waals surface area contributed by atoms with Crippen molar-refractivity contribution in [2.75, 3.05) is 5.73 Å². The minimum atomic E-state index is -0.161. The summed E-state index contributed by atoms with van der Waals surface area (Å²) in [7, 11) is 0. The number of anilines is 1. The summed E-state index contributed by atoms with van der Waals surface area (Å²) in [5.41, 5.74) is 7.82. The first-order valence-corrected chi connectivity index (χ1v) is 6.81. The van der Waals surface area contributed by atoms with Crippen molar-refractivity contribution in [2.24, 2.45) is 0 Å². The van der Waals surface area contributed by atoms with Crippen LogP contribution in [0.5, 0.6) is 0 Å². The molecule has 98 valence electrons. The lowest BCUT2D eigenvalue weighted by molar-refractivity contribution is 0.0951. The number of halogens is 2. The van der Waals surface area contributed by atoms with Gasteiger partial charge < -0.3 is 11.1 Å². The van der Waals surface area contributed by atoms with Gasteiger partial charge in [-0.15, -0.1) is 0 Å². The van der Waals surface area contributed by atoms with Crippen LogP contribution in [0.25, 0.3) is 0 Å². The van der Waals surface area contributed by atoms with Gasteiger partial charge >= 0.3 is 0 Å². The lowest BCUT2D eigenvalue weighted by Gasteiger charge is -2.06. The van der Waals surface area contributed by atoms with Crippen LogP contribution in [0.15, 0.2) is 46.9 Å². The molecule has 1 amide bonds. The largest absolute Gasteiger partial charge is 0.399 e. The molecular weight excluding hydrogens is 328 g/mol. The quantitative estimate of drug-likeness (QED) is 0.839. The second-order valence-corrected chi connectivity index (χ2v) is 5.31. The molecule has 0 unspecified atom stereocenters. The number of carbonyl (C=O) groups is 1. The Morgan fingerprint density at radius 2 is 1.89 bits per heavy atom. The van der Waals surface area contributed by atoms with E-state index in [1.165, 1.54) is 0 Å². The summed E-state index contributed by atoms with van der Waals surface area (Å²) in [6, 6.07) is 12.5. The van der Waals surface area contributed by atoms with Gasteiger partial charge in [-0.05, 0) is 51.8 Å². The summed E-state index contributed by atoms with van der Waals surface area (Å²) in [5.74, 6) is -0.161. The highest BCUT2D eigenvalue weighted by molar-refractivity contribution is 9.10. The Labute approximate surface area is 124 Å². The molecule has 2 aromatic carbocycles. The summed E-state index contributed by atoms with van der Waals surface area (Å²) < 4.78 is 0.768. The van der Waals surface area contributed by atoms with Gasteiger partial charge in [0.2, 0.25) is 0 Å². The first-order valence-electron chi connectivity index (χ1n) is 5.64. The molecule has 2 aromatic rings. The van der Waals surface area contributed by atoms with E-state index in [2.05, 4.69) is 21.2 Å². The van der Waals surface area contributed by atoms with Crippen molar-refractivity contribution in [3.8, 4) is 0 Å². The average molecular weight is 340 g/mol. The van der Waals surface area contributed by atoms with Gasteiger partial charge in [0.15, 0.2) is 0 Å². The van der Waals surface area contributed by atoms with Gasteiger partial charge in [-0.3, -0.25) is 4.79 Å². The molecule has 0 aliphatic rings. The van der Waals surface area contributed by atoms with Crippen LogP contribution in [0.4, 0.5) is 5.69 Å². The number of nitrogens with two attached hydrogens (primary N) is 1. The fraction of sp³-hybridized carbons (Fsp3) is 0.0714. The van der Waals surface area contributed by atoms with Crippen LogP contribution in [-0.4, -0.2) is 5.91 Å². The Hall–Kier alpha value is -1.52. The predicted octanol–water partition coefficient (Wildman–Crippen LogP) is 3.61. The highest BCUT2D eigenvalue weighted by Crippen LogP contribution is 2.23. The van der Waals surface area contributed by atoms with Gasteiger partial charge in [-0.1, -0.05) is 23.7 Å². The smallest absolute Gasteiger partial charge is 0.251 e. The third-order valence-corrected chi connectivity index (χ3v) is 3.85. The predicted molar refractivity (Wildman–Crippen MR) is 81.2 cm³/mol. The molecule has 0 fully saturated rings. The van der Waals surface area contributed by atoms with Crippen molar-refractivity contribution in [1.82, 2.24) is 5.32 Å². The standard InChI is InChI=1S/C14H12BrClN2O/c15-12-6-3-10(7-13(12)16)14(19)18-8-9-1-4-11(17)5-2-9/h1-7H,8,17H2,(H,18,19). The monoisotopic (exact) mass is 338 g/mol. The molecule has 3 N–H and O–H groups in total. The Morgan fingerprint density at radius 3 is 2.53 bits per heavy atom. The molecular formula is C14H12BrClN2O. The lowest BCUT2D eigenvalue weighted by atomic mass is 10.2. The Kier molecular flexibility index (Phi) is 4.45. The van der Waals surface area contributed by atoms with Crippen LogP contribution in [-0.2, 0) is 6.54 Å². The number of hydrogen-bond acceptors (Lipinski definition) is 2. The third-order valence-electron chi connectivity index (χ3n) is 2.61. The molecule has 0 radical (unpaired) electrons. The number of carbonyl (C=O) groups excluding carboxylic acids is 1. The van der Waals surface area contributed by atoms with Crippen LogP contribution in [0.2, 0.25) is 5.02 Å². The molecule has 0 saturated carbocycles. The van der Waals surface area contributed by atoms with Crippen molar-refractivity contribution in [1.29, 1.82) is 0 Å². The maximum atomic E-state index is 11.9.